The molecule has 0 heterocycles. The Balaban J connectivity index is 1.65. The Morgan fingerprint density at radius 3 is 2.30 bits per heavy atom. The molecule has 172 valence electrons. The quantitative estimate of drug-likeness (QED) is 0.288. The summed E-state index contributed by atoms with van der Waals surface area (Å²) in [5, 5.41) is 3.04. The summed E-state index contributed by atoms with van der Waals surface area (Å²) >= 11 is 0. The predicted molar refractivity (Wildman–Crippen MR) is 130 cm³/mol. The lowest BCUT2D eigenvalue weighted by Gasteiger charge is -2.25. The second-order valence-electron chi connectivity index (χ2n) is 8.70. The zero-order valence-electron chi connectivity index (χ0n) is 19.4. The van der Waals surface area contributed by atoms with Crippen molar-refractivity contribution in [2.75, 3.05) is 0 Å². The molecule has 0 fully saturated rings. The van der Waals surface area contributed by atoms with E-state index in [2.05, 4.69) is 11.9 Å². The summed E-state index contributed by atoms with van der Waals surface area (Å²) in [7, 11) is 0. The minimum absolute atomic E-state index is 0.372. The van der Waals surface area contributed by atoms with Crippen LogP contribution >= 0.6 is 0 Å². The molecule has 0 saturated carbocycles. The second kappa shape index (κ2) is 11.2. The van der Waals surface area contributed by atoms with Gasteiger partial charge in [0.05, 0.1) is 6.04 Å². The van der Waals surface area contributed by atoms with Crippen LogP contribution < -0.4 is 14.8 Å². The van der Waals surface area contributed by atoms with Gasteiger partial charge in [0.2, 0.25) is 0 Å². The van der Waals surface area contributed by atoms with Crippen LogP contribution in [-0.2, 0) is 22.6 Å². The second-order valence-corrected chi connectivity index (χ2v) is 8.70. The van der Waals surface area contributed by atoms with E-state index in [1.165, 1.54) is 0 Å². The van der Waals surface area contributed by atoms with Crippen molar-refractivity contribution in [2.45, 2.75) is 45.4 Å². The molecule has 0 spiro atoms. The van der Waals surface area contributed by atoms with Crippen LogP contribution in [0.25, 0.3) is 0 Å². The number of hydrogen-bond donors (Lipinski definition) is 1. The van der Waals surface area contributed by atoms with E-state index in [4.69, 9.17) is 14.2 Å². The molecule has 0 aliphatic heterocycles. The number of hydrogen-bond acceptors (Lipinski definition) is 5. The SMILES string of the molecule is C=C(NC(C=O)Cc1cccc(Oc2ccccc2OCc2ccccc2)c1)OC(C)(C)C. The number of rotatable bonds is 11. The Labute approximate surface area is 196 Å². The zero-order chi connectivity index (χ0) is 23.7. The third kappa shape index (κ3) is 8.04. The van der Waals surface area contributed by atoms with Gasteiger partial charge in [-0.3, -0.25) is 0 Å². The van der Waals surface area contributed by atoms with Crippen LogP contribution in [0.2, 0.25) is 0 Å². The van der Waals surface area contributed by atoms with Gasteiger partial charge in [0.25, 0.3) is 0 Å². The topological polar surface area (TPSA) is 56.8 Å². The Kier molecular flexibility index (Phi) is 8.14. The number of aldehydes is 1. The Morgan fingerprint density at radius 2 is 1.61 bits per heavy atom. The number of carbonyl (C=O) groups is 1. The van der Waals surface area contributed by atoms with Crippen molar-refractivity contribution in [1.29, 1.82) is 0 Å². The van der Waals surface area contributed by atoms with Crippen LogP contribution in [0.4, 0.5) is 0 Å². The third-order valence-corrected chi connectivity index (χ3v) is 4.61. The van der Waals surface area contributed by atoms with Crippen molar-refractivity contribution in [1.82, 2.24) is 5.32 Å². The lowest BCUT2D eigenvalue weighted by atomic mass is 10.1. The molecule has 5 nitrogen and oxygen atoms in total. The Morgan fingerprint density at radius 1 is 0.939 bits per heavy atom. The van der Waals surface area contributed by atoms with Gasteiger partial charge in [-0.05, 0) is 69.2 Å². The molecule has 0 aromatic heterocycles. The highest BCUT2D eigenvalue weighted by atomic mass is 16.5. The average Bonchev–Trinajstić information content (AvgIpc) is 2.78. The maximum Gasteiger partial charge on any atom is 0.180 e. The van der Waals surface area contributed by atoms with Crippen molar-refractivity contribution in [3.63, 3.8) is 0 Å². The van der Waals surface area contributed by atoms with E-state index in [9.17, 15) is 4.79 Å². The van der Waals surface area contributed by atoms with Crippen molar-refractivity contribution in [2.24, 2.45) is 0 Å². The first-order valence-corrected chi connectivity index (χ1v) is 10.9. The van der Waals surface area contributed by atoms with E-state index < -0.39 is 6.04 Å². The molecule has 1 N–H and O–H groups in total. The number of nitrogens with one attached hydrogen (secondary N) is 1. The molecule has 1 unspecified atom stereocenters. The van der Waals surface area contributed by atoms with Crippen LogP contribution in [0.1, 0.15) is 31.9 Å². The largest absolute Gasteiger partial charge is 0.485 e. The van der Waals surface area contributed by atoms with E-state index in [1.54, 1.807) is 0 Å². The highest BCUT2D eigenvalue weighted by Crippen LogP contribution is 2.32. The van der Waals surface area contributed by atoms with Crippen LogP contribution in [0.15, 0.2) is 91.3 Å². The molecule has 3 aromatic carbocycles. The number of benzene rings is 3. The first-order valence-electron chi connectivity index (χ1n) is 10.9. The number of carbonyl (C=O) groups excluding carboxylic acids is 1. The molecule has 5 heteroatoms. The fourth-order valence-electron chi connectivity index (χ4n) is 3.24. The summed E-state index contributed by atoms with van der Waals surface area (Å²) in [5.74, 6) is 2.33. The van der Waals surface area contributed by atoms with Gasteiger partial charge in [-0.2, -0.15) is 0 Å². The van der Waals surface area contributed by atoms with Crippen LogP contribution in [0.5, 0.6) is 17.2 Å². The molecule has 3 aromatic rings. The number of ether oxygens (including phenoxy) is 3. The molecule has 0 aliphatic carbocycles. The van der Waals surface area contributed by atoms with E-state index in [0.29, 0.717) is 36.2 Å². The summed E-state index contributed by atoms with van der Waals surface area (Å²) in [6, 6.07) is 24.7. The van der Waals surface area contributed by atoms with Gasteiger partial charge in [0, 0.05) is 0 Å². The first-order chi connectivity index (χ1) is 15.8. The Bertz CT molecular complexity index is 1060. The fourth-order valence-corrected chi connectivity index (χ4v) is 3.24. The summed E-state index contributed by atoms with van der Waals surface area (Å²) in [6.07, 6.45) is 1.33. The predicted octanol–water partition coefficient (Wildman–Crippen LogP) is 6.04. The first kappa shape index (κ1) is 23.9. The summed E-state index contributed by atoms with van der Waals surface area (Å²) < 4.78 is 17.8. The third-order valence-electron chi connectivity index (χ3n) is 4.61. The van der Waals surface area contributed by atoms with Gasteiger partial charge in [-0.25, -0.2) is 0 Å². The van der Waals surface area contributed by atoms with Gasteiger partial charge in [0.1, 0.15) is 24.2 Å². The smallest absolute Gasteiger partial charge is 0.180 e. The molecule has 0 radical (unpaired) electrons. The number of para-hydroxylation sites is 2. The molecule has 3 rings (SSSR count). The molecule has 0 aliphatic rings. The normalized spacial score (nSPS) is 11.8. The van der Waals surface area contributed by atoms with E-state index in [0.717, 1.165) is 17.4 Å². The average molecular weight is 446 g/mol. The molecular weight excluding hydrogens is 414 g/mol. The van der Waals surface area contributed by atoms with Gasteiger partial charge in [-0.15, -0.1) is 0 Å². The van der Waals surface area contributed by atoms with Crippen molar-refractivity contribution >= 4 is 6.29 Å². The van der Waals surface area contributed by atoms with E-state index in [1.807, 2.05) is 99.6 Å². The summed E-state index contributed by atoms with van der Waals surface area (Å²) in [5.41, 5.74) is 1.64. The van der Waals surface area contributed by atoms with Gasteiger partial charge in [0.15, 0.2) is 17.4 Å². The van der Waals surface area contributed by atoms with Crippen LogP contribution in [0.3, 0.4) is 0 Å². The van der Waals surface area contributed by atoms with Crippen molar-refractivity contribution < 1.29 is 19.0 Å². The van der Waals surface area contributed by atoms with E-state index in [-0.39, 0.29) is 5.60 Å². The van der Waals surface area contributed by atoms with Gasteiger partial charge in [-0.1, -0.05) is 54.6 Å². The highest BCUT2D eigenvalue weighted by Gasteiger charge is 2.16. The van der Waals surface area contributed by atoms with Crippen LogP contribution in [-0.4, -0.2) is 17.9 Å². The standard InChI is InChI=1S/C28H31NO4/c1-21(33-28(2,3)4)29-24(19-30)17-23-13-10-14-25(18-23)32-27-16-9-8-15-26(27)31-20-22-11-6-5-7-12-22/h5-16,18-19,24,29H,1,17,20H2,2-4H3. The maximum absolute atomic E-state index is 11.6. The molecule has 1 atom stereocenters. The molecular formula is C28H31NO4. The highest BCUT2D eigenvalue weighted by molar-refractivity contribution is 5.59. The maximum atomic E-state index is 11.6. The van der Waals surface area contributed by atoms with E-state index >= 15 is 0 Å². The molecule has 0 saturated heterocycles. The molecule has 0 bridgehead atoms. The van der Waals surface area contributed by atoms with Gasteiger partial charge >= 0.3 is 0 Å². The fraction of sp³-hybridized carbons (Fsp3) is 0.250. The minimum Gasteiger partial charge on any atom is -0.485 e. The summed E-state index contributed by atoms with van der Waals surface area (Å²) in [4.78, 5) is 11.6. The summed E-state index contributed by atoms with van der Waals surface area (Å²) in [6.45, 7) is 10.1. The molecule has 0 amide bonds. The molecule has 33 heavy (non-hydrogen) atoms. The van der Waals surface area contributed by atoms with Crippen LogP contribution in [0, 0.1) is 0 Å². The van der Waals surface area contributed by atoms with Crippen molar-refractivity contribution in [3.8, 4) is 17.2 Å². The zero-order valence-corrected chi connectivity index (χ0v) is 19.4. The lowest BCUT2D eigenvalue weighted by molar-refractivity contribution is -0.109. The lowest BCUT2D eigenvalue weighted by Crippen LogP contribution is -2.35. The van der Waals surface area contributed by atoms with Gasteiger partial charge < -0.3 is 24.3 Å². The monoisotopic (exact) mass is 445 g/mol. The van der Waals surface area contributed by atoms with Crippen molar-refractivity contribution in [3.05, 3.63) is 102 Å². The minimum atomic E-state index is -0.461. The Hall–Kier alpha value is -3.73.